The van der Waals surface area contributed by atoms with Gasteiger partial charge in [0.2, 0.25) is 0 Å². The summed E-state index contributed by atoms with van der Waals surface area (Å²) in [7, 11) is 0. The summed E-state index contributed by atoms with van der Waals surface area (Å²) in [5.74, 6) is 0. The van der Waals surface area contributed by atoms with Gasteiger partial charge in [0.1, 0.15) is 0 Å². The highest BCUT2D eigenvalue weighted by molar-refractivity contribution is 7.07. The average Bonchev–Trinajstić information content (AvgIpc) is 2.91. The Balaban J connectivity index is 2.10. The quantitative estimate of drug-likeness (QED) is 0.652. The van der Waals surface area contributed by atoms with Gasteiger partial charge >= 0.3 is 0 Å². The van der Waals surface area contributed by atoms with Crippen molar-refractivity contribution in [2.24, 2.45) is 0 Å². The number of rotatable bonds is 6. The molecule has 1 aromatic carbocycles. The fourth-order valence-corrected chi connectivity index (χ4v) is 2.39. The number of nitro groups is 2. The lowest BCUT2D eigenvalue weighted by molar-refractivity contribution is -0.394. The molecule has 0 fully saturated rings. The molecule has 0 saturated carbocycles. The third kappa shape index (κ3) is 3.37. The zero-order valence-electron chi connectivity index (χ0n) is 10.3. The molecule has 20 heavy (non-hydrogen) atoms. The molecule has 1 N–H and O–H groups in total. The van der Waals surface area contributed by atoms with Crippen LogP contribution >= 0.6 is 11.3 Å². The van der Waals surface area contributed by atoms with E-state index in [1.165, 1.54) is 12.1 Å². The first-order chi connectivity index (χ1) is 9.58. The summed E-state index contributed by atoms with van der Waals surface area (Å²) in [4.78, 5) is 20.3. The number of nitro benzene ring substituents is 2. The number of hydrogen-bond donors (Lipinski definition) is 1. The predicted octanol–water partition coefficient (Wildman–Crippen LogP) is 2.85. The zero-order valence-corrected chi connectivity index (χ0v) is 11.1. The minimum atomic E-state index is -0.643. The van der Waals surface area contributed by atoms with Gasteiger partial charge in [-0.25, -0.2) is 0 Å². The highest BCUT2D eigenvalue weighted by Crippen LogP contribution is 2.24. The molecular formula is C12H11N3O4S. The van der Waals surface area contributed by atoms with Gasteiger partial charge in [0.25, 0.3) is 11.4 Å². The van der Waals surface area contributed by atoms with Crippen LogP contribution in [0.4, 0.5) is 11.4 Å². The van der Waals surface area contributed by atoms with E-state index in [9.17, 15) is 20.2 Å². The second-order valence-electron chi connectivity index (χ2n) is 4.06. The highest BCUT2D eigenvalue weighted by Gasteiger charge is 2.18. The van der Waals surface area contributed by atoms with Crippen molar-refractivity contribution in [3.05, 3.63) is 66.4 Å². The van der Waals surface area contributed by atoms with E-state index in [0.717, 1.165) is 11.6 Å². The number of non-ortho nitro benzene ring substituents is 1. The highest BCUT2D eigenvalue weighted by atomic mass is 32.1. The Labute approximate surface area is 118 Å². The number of benzene rings is 1. The lowest BCUT2D eigenvalue weighted by Gasteiger charge is -2.04. The van der Waals surface area contributed by atoms with Gasteiger partial charge in [0.05, 0.1) is 15.9 Å². The van der Waals surface area contributed by atoms with E-state index in [1.54, 1.807) is 11.3 Å². The van der Waals surface area contributed by atoms with Crippen molar-refractivity contribution in [2.45, 2.75) is 13.1 Å². The lowest BCUT2D eigenvalue weighted by Crippen LogP contribution is -2.13. The molecule has 0 aliphatic carbocycles. The molecular weight excluding hydrogens is 282 g/mol. The van der Waals surface area contributed by atoms with Gasteiger partial charge in [-0.2, -0.15) is 11.3 Å². The topological polar surface area (TPSA) is 98.3 Å². The minimum Gasteiger partial charge on any atom is -0.308 e. The van der Waals surface area contributed by atoms with E-state index in [1.807, 2.05) is 16.8 Å². The monoisotopic (exact) mass is 293 g/mol. The summed E-state index contributed by atoms with van der Waals surface area (Å²) in [6, 6.07) is 5.63. The molecule has 0 saturated heterocycles. The van der Waals surface area contributed by atoms with E-state index in [4.69, 9.17) is 0 Å². The molecule has 0 atom stereocenters. The molecule has 0 spiro atoms. The van der Waals surface area contributed by atoms with Crippen LogP contribution in [-0.2, 0) is 13.1 Å². The standard InChI is InChI=1S/C12H11N3O4S/c16-14(17)11-2-1-10(12(5-11)15(18)19)7-13-6-9-3-4-20-8-9/h1-5,8,13H,6-7H2. The largest absolute Gasteiger partial charge is 0.308 e. The van der Waals surface area contributed by atoms with Crippen LogP contribution in [0.25, 0.3) is 0 Å². The Hall–Kier alpha value is -2.32. The molecule has 0 bridgehead atoms. The van der Waals surface area contributed by atoms with Crippen molar-refractivity contribution in [3.63, 3.8) is 0 Å². The number of nitrogens with one attached hydrogen (secondary N) is 1. The Kier molecular flexibility index (Phi) is 4.38. The van der Waals surface area contributed by atoms with Crippen LogP contribution in [0.15, 0.2) is 35.0 Å². The average molecular weight is 293 g/mol. The maximum atomic E-state index is 10.9. The molecule has 2 rings (SSSR count). The van der Waals surface area contributed by atoms with Crippen LogP contribution < -0.4 is 5.32 Å². The van der Waals surface area contributed by atoms with Crippen molar-refractivity contribution >= 4 is 22.7 Å². The lowest BCUT2D eigenvalue weighted by atomic mass is 10.1. The van der Waals surface area contributed by atoms with E-state index in [-0.39, 0.29) is 17.9 Å². The first-order valence-corrected chi connectivity index (χ1v) is 6.65. The van der Waals surface area contributed by atoms with Gasteiger partial charge in [-0.15, -0.1) is 0 Å². The molecule has 0 unspecified atom stereocenters. The van der Waals surface area contributed by atoms with Crippen LogP contribution in [0.1, 0.15) is 11.1 Å². The normalized spacial score (nSPS) is 10.4. The van der Waals surface area contributed by atoms with Crippen molar-refractivity contribution in [2.75, 3.05) is 0 Å². The Morgan fingerprint density at radius 1 is 1.10 bits per heavy atom. The summed E-state index contributed by atoms with van der Waals surface area (Å²) < 4.78 is 0. The van der Waals surface area contributed by atoms with Crippen LogP contribution in [0.2, 0.25) is 0 Å². The summed E-state index contributed by atoms with van der Waals surface area (Å²) >= 11 is 1.58. The molecule has 0 radical (unpaired) electrons. The molecule has 1 heterocycles. The number of nitrogens with zero attached hydrogens (tertiary/aromatic N) is 2. The second kappa shape index (κ2) is 6.22. The smallest absolute Gasteiger partial charge is 0.280 e. The summed E-state index contributed by atoms with van der Waals surface area (Å²) in [5.41, 5.74) is 1.01. The van der Waals surface area contributed by atoms with E-state index in [2.05, 4.69) is 5.32 Å². The van der Waals surface area contributed by atoms with Gasteiger partial charge in [-0.05, 0) is 28.5 Å². The van der Waals surface area contributed by atoms with Gasteiger partial charge < -0.3 is 5.32 Å². The van der Waals surface area contributed by atoms with Crippen LogP contribution in [0, 0.1) is 20.2 Å². The van der Waals surface area contributed by atoms with Crippen molar-refractivity contribution in [1.82, 2.24) is 5.32 Å². The summed E-state index contributed by atoms with van der Waals surface area (Å²) in [6.45, 7) is 0.877. The fraction of sp³-hybridized carbons (Fsp3) is 0.167. The molecule has 0 amide bonds. The van der Waals surface area contributed by atoms with Gasteiger partial charge in [0.15, 0.2) is 0 Å². The molecule has 1 aromatic heterocycles. The van der Waals surface area contributed by atoms with Crippen molar-refractivity contribution in [3.8, 4) is 0 Å². The van der Waals surface area contributed by atoms with E-state index in [0.29, 0.717) is 12.1 Å². The third-order valence-corrected chi connectivity index (χ3v) is 3.43. The molecule has 0 aliphatic rings. The Morgan fingerprint density at radius 2 is 1.90 bits per heavy atom. The van der Waals surface area contributed by atoms with Crippen molar-refractivity contribution < 1.29 is 9.85 Å². The van der Waals surface area contributed by atoms with Crippen LogP contribution in [0.3, 0.4) is 0 Å². The second-order valence-corrected chi connectivity index (χ2v) is 4.84. The zero-order chi connectivity index (χ0) is 14.5. The Bertz CT molecular complexity index is 628. The van der Waals surface area contributed by atoms with Crippen LogP contribution in [0.5, 0.6) is 0 Å². The maximum absolute atomic E-state index is 10.9. The van der Waals surface area contributed by atoms with E-state index < -0.39 is 9.85 Å². The number of hydrogen-bond acceptors (Lipinski definition) is 6. The summed E-state index contributed by atoms with van der Waals surface area (Å²) in [5, 5.41) is 28.6. The third-order valence-electron chi connectivity index (χ3n) is 2.70. The summed E-state index contributed by atoms with van der Waals surface area (Å²) in [6.07, 6.45) is 0. The van der Waals surface area contributed by atoms with Gasteiger partial charge in [-0.1, -0.05) is 0 Å². The van der Waals surface area contributed by atoms with Gasteiger partial charge in [0, 0.05) is 24.7 Å². The maximum Gasteiger partial charge on any atom is 0.280 e. The Morgan fingerprint density at radius 3 is 2.50 bits per heavy atom. The molecule has 104 valence electrons. The first kappa shape index (κ1) is 14.1. The molecule has 2 aromatic rings. The van der Waals surface area contributed by atoms with Gasteiger partial charge in [-0.3, -0.25) is 20.2 Å². The fourth-order valence-electron chi connectivity index (χ4n) is 1.72. The minimum absolute atomic E-state index is 0.239. The molecule has 8 heteroatoms. The molecule has 7 nitrogen and oxygen atoms in total. The number of thiophene rings is 1. The predicted molar refractivity (Wildman–Crippen MR) is 74.6 cm³/mol. The SMILES string of the molecule is O=[N+]([O-])c1ccc(CNCc2ccsc2)c([N+](=O)[O-])c1. The molecule has 0 aliphatic heterocycles. The van der Waals surface area contributed by atoms with E-state index >= 15 is 0 Å². The van der Waals surface area contributed by atoms with Crippen molar-refractivity contribution in [1.29, 1.82) is 0 Å². The van der Waals surface area contributed by atoms with Crippen LogP contribution in [-0.4, -0.2) is 9.85 Å². The first-order valence-electron chi connectivity index (χ1n) is 5.71.